The number of carbonyl (C=O) groups is 2. The molecule has 0 heterocycles. The van der Waals surface area contributed by atoms with Crippen LogP contribution in [0.3, 0.4) is 0 Å². The molecule has 132 valence electrons. The summed E-state index contributed by atoms with van der Waals surface area (Å²) in [6, 6.07) is 6.96. The highest BCUT2D eigenvalue weighted by Gasteiger charge is 2.26. The summed E-state index contributed by atoms with van der Waals surface area (Å²) in [6.07, 6.45) is 3.42. The average molecular weight is 352 g/mol. The van der Waals surface area contributed by atoms with Crippen LogP contribution >= 0.6 is 11.6 Å². The fraction of sp³-hybridized carbons (Fsp3) is 0.556. The van der Waals surface area contributed by atoms with Crippen molar-refractivity contribution in [1.29, 1.82) is 0 Å². The first kappa shape index (κ1) is 18.7. The third-order valence-corrected chi connectivity index (χ3v) is 4.22. The van der Waals surface area contributed by atoms with Crippen LogP contribution in [0, 0.1) is 5.92 Å². The van der Waals surface area contributed by atoms with Gasteiger partial charge in [0.25, 0.3) is 0 Å². The van der Waals surface area contributed by atoms with Crippen molar-refractivity contribution in [2.24, 2.45) is 5.92 Å². The van der Waals surface area contributed by atoms with Crippen molar-refractivity contribution in [3.63, 3.8) is 0 Å². The number of halogens is 1. The van der Waals surface area contributed by atoms with Gasteiger partial charge in [0.1, 0.15) is 0 Å². The second-order valence-corrected chi connectivity index (χ2v) is 6.95. The molecule has 2 rings (SSSR count). The second kappa shape index (κ2) is 9.04. The molecule has 1 fully saturated rings. The van der Waals surface area contributed by atoms with E-state index in [-0.39, 0.29) is 24.9 Å². The van der Waals surface area contributed by atoms with Gasteiger partial charge in [-0.3, -0.25) is 14.5 Å². The fourth-order valence-corrected chi connectivity index (χ4v) is 2.69. The highest BCUT2D eigenvalue weighted by molar-refractivity contribution is 6.30. The number of carbonyl (C=O) groups excluding carboxylic acids is 2. The van der Waals surface area contributed by atoms with E-state index >= 15 is 0 Å². The van der Waals surface area contributed by atoms with Gasteiger partial charge >= 0.3 is 0 Å². The van der Waals surface area contributed by atoms with E-state index < -0.39 is 0 Å². The van der Waals surface area contributed by atoms with Gasteiger partial charge in [-0.05, 0) is 56.5 Å². The van der Waals surface area contributed by atoms with Gasteiger partial charge in [-0.1, -0.05) is 18.5 Å². The Morgan fingerprint density at radius 1 is 1.21 bits per heavy atom. The Hall–Kier alpha value is -1.59. The van der Waals surface area contributed by atoms with E-state index in [4.69, 9.17) is 11.6 Å². The first-order chi connectivity index (χ1) is 11.5. The van der Waals surface area contributed by atoms with Crippen LogP contribution in [0.25, 0.3) is 0 Å². The lowest BCUT2D eigenvalue weighted by Crippen LogP contribution is -2.42. The minimum absolute atomic E-state index is 0.102. The van der Waals surface area contributed by atoms with Crippen LogP contribution in [0.1, 0.15) is 26.2 Å². The number of hydrogen-bond donors (Lipinski definition) is 1. The minimum atomic E-state index is -0.142. The van der Waals surface area contributed by atoms with Gasteiger partial charge in [-0.2, -0.15) is 0 Å². The number of nitrogens with zero attached hydrogens (tertiary/aromatic N) is 2. The Labute approximate surface area is 149 Å². The molecule has 0 atom stereocenters. The molecule has 24 heavy (non-hydrogen) atoms. The van der Waals surface area contributed by atoms with Crippen LogP contribution in [0.15, 0.2) is 24.3 Å². The van der Waals surface area contributed by atoms with Crippen LogP contribution in [-0.4, -0.2) is 54.8 Å². The van der Waals surface area contributed by atoms with Crippen molar-refractivity contribution in [2.75, 3.05) is 38.5 Å². The molecule has 0 aliphatic heterocycles. The lowest BCUT2D eigenvalue weighted by Gasteiger charge is -2.25. The SMILES string of the molecule is CCCN(CC1CC1)C(=O)CN(C)CC(=O)Nc1ccc(Cl)cc1. The van der Waals surface area contributed by atoms with E-state index in [0.29, 0.717) is 16.6 Å². The molecule has 6 heteroatoms. The predicted octanol–water partition coefficient (Wildman–Crippen LogP) is 2.86. The fourth-order valence-electron chi connectivity index (χ4n) is 2.57. The summed E-state index contributed by atoms with van der Waals surface area (Å²) < 4.78 is 0. The molecule has 0 bridgehead atoms. The molecule has 0 saturated heterocycles. The molecular formula is C18H26ClN3O2. The van der Waals surface area contributed by atoms with Crippen molar-refractivity contribution in [1.82, 2.24) is 9.80 Å². The van der Waals surface area contributed by atoms with E-state index in [9.17, 15) is 9.59 Å². The highest BCUT2D eigenvalue weighted by atomic mass is 35.5. The van der Waals surface area contributed by atoms with E-state index in [1.807, 2.05) is 4.90 Å². The third-order valence-electron chi connectivity index (χ3n) is 3.97. The van der Waals surface area contributed by atoms with Crippen LogP contribution in [0.2, 0.25) is 5.02 Å². The lowest BCUT2D eigenvalue weighted by atomic mass is 10.3. The van der Waals surface area contributed by atoms with Crippen molar-refractivity contribution < 1.29 is 9.59 Å². The molecule has 0 unspecified atom stereocenters. The van der Waals surface area contributed by atoms with Crippen molar-refractivity contribution >= 4 is 29.1 Å². The van der Waals surface area contributed by atoms with Crippen molar-refractivity contribution in [2.45, 2.75) is 26.2 Å². The summed E-state index contributed by atoms with van der Waals surface area (Å²) in [5.41, 5.74) is 0.700. The average Bonchev–Trinajstić information content (AvgIpc) is 3.33. The maximum Gasteiger partial charge on any atom is 0.238 e. The van der Waals surface area contributed by atoms with Gasteiger partial charge in [-0.25, -0.2) is 0 Å². The summed E-state index contributed by atoms with van der Waals surface area (Å²) in [4.78, 5) is 28.2. The van der Waals surface area contributed by atoms with Gasteiger partial charge < -0.3 is 10.2 Å². The largest absolute Gasteiger partial charge is 0.341 e. The first-order valence-electron chi connectivity index (χ1n) is 8.49. The number of nitrogens with one attached hydrogen (secondary N) is 1. The normalized spacial score (nSPS) is 13.8. The summed E-state index contributed by atoms with van der Waals surface area (Å²) in [6.45, 7) is 4.17. The number of rotatable bonds is 9. The van der Waals surface area contributed by atoms with Gasteiger partial charge in [0.05, 0.1) is 13.1 Å². The monoisotopic (exact) mass is 351 g/mol. The molecule has 1 aliphatic carbocycles. The zero-order valence-corrected chi connectivity index (χ0v) is 15.2. The Bertz CT molecular complexity index is 558. The first-order valence-corrected chi connectivity index (χ1v) is 8.87. The van der Waals surface area contributed by atoms with Gasteiger partial charge in [0.2, 0.25) is 11.8 Å². The molecule has 1 saturated carbocycles. The molecule has 2 amide bonds. The number of likely N-dealkylation sites (N-methyl/N-ethyl adjacent to an activating group) is 1. The Kier molecular flexibility index (Phi) is 7.06. The van der Waals surface area contributed by atoms with E-state index in [2.05, 4.69) is 12.2 Å². The topological polar surface area (TPSA) is 52.7 Å². The standard InChI is InChI=1S/C18H26ClN3O2/c1-3-10-22(11-14-4-5-14)18(24)13-21(2)12-17(23)20-16-8-6-15(19)7-9-16/h6-9,14H,3-5,10-13H2,1-2H3,(H,20,23). The van der Waals surface area contributed by atoms with Crippen LogP contribution in [-0.2, 0) is 9.59 Å². The Balaban J connectivity index is 1.77. The van der Waals surface area contributed by atoms with E-state index in [1.54, 1.807) is 36.2 Å². The van der Waals surface area contributed by atoms with Crippen molar-refractivity contribution in [3.05, 3.63) is 29.3 Å². The zero-order valence-electron chi connectivity index (χ0n) is 14.4. The Morgan fingerprint density at radius 3 is 2.46 bits per heavy atom. The maximum atomic E-state index is 12.4. The number of hydrogen-bond acceptors (Lipinski definition) is 3. The number of anilines is 1. The zero-order chi connectivity index (χ0) is 17.5. The predicted molar refractivity (Wildman–Crippen MR) is 97.2 cm³/mol. The Morgan fingerprint density at radius 2 is 1.88 bits per heavy atom. The molecule has 0 radical (unpaired) electrons. The number of benzene rings is 1. The molecule has 1 aliphatic rings. The highest BCUT2D eigenvalue weighted by Crippen LogP contribution is 2.29. The maximum absolute atomic E-state index is 12.4. The molecule has 5 nitrogen and oxygen atoms in total. The summed E-state index contributed by atoms with van der Waals surface area (Å²) in [5, 5.41) is 3.43. The van der Waals surface area contributed by atoms with Crippen LogP contribution in [0.4, 0.5) is 5.69 Å². The van der Waals surface area contributed by atoms with Gasteiger partial charge in [0, 0.05) is 23.8 Å². The molecule has 0 spiro atoms. The van der Waals surface area contributed by atoms with Crippen molar-refractivity contribution in [3.8, 4) is 0 Å². The quantitative estimate of drug-likeness (QED) is 0.744. The molecule has 1 N–H and O–H groups in total. The van der Waals surface area contributed by atoms with E-state index in [0.717, 1.165) is 19.5 Å². The third kappa shape index (κ3) is 6.49. The summed E-state index contributed by atoms with van der Waals surface area (Å²) >= 11 is 5.82. The van der Waals surface area contributed by atoms with Gasteiger partial charge in [-0.15, -0.1) is 0 Å². The summed E-state index contributed by atoms with van der Waals surface area (Å²) in [5.74, 6) is 0.640. The minimum Gasteiger partial charge on any atom is -0.341 e. The molecule has 1 aromatic carbocycles. The molecule has 1 aromatic rings. The second-order valence-electron chi connectivity index (χ2n) is 6.51. The van der Waals surface area contributed by atoms with Gasteiger partial charge in [0.15, 0.2) is 0 Å². The van der Waals surface area contributed by atoms with Crippen LogP contribution < -0.4 is 5.32 Å². The smallest absolute Gasteiger partial charge is 0.238 e. The number of amides is 2. The lowest BCUT2D eigenvalue weighted by molar-refractivity contribution is -0.132. The summed E-state index contributed by atoms with van der Waals surface area (Å²) in [7, 11) is 1.79. The molecular weight excluding hydrogens is 326 g/mol. The van der Waals surface area contributed by atoms with Crippen LogP contribution in [0.5, 0.6) is 0 Å². The van der Waals surface area contributed by atoms with E-state index in [1.165, 1.54) is 12.8 Å². The molecule has 0 aromatic heterocycles.